The third kappa shape index (κ3) is 2.68. The van der Waals surface area contributed by atoms with Crippen molar-refractivity contribution in [3.63, 3.8) is 0 Å². The highest BCUT2D eigenvalue weighted by atomic mass is 127. The molecule has 1 aromatic heterocycles. The first kappa shape index (κ1) is 15.6. The Bertz CT molecular complexity index is 873. The Labute approximate surface area is 152 Å². The number of allylic oxidation sites excluding steroid dienone is 1. The van der Waals surface area contributed by atoms with Crippen molar-refractivity contribution < 1.29 is 0 Å². The molecule has 1 nitrogen and oxygen atoms in total. The van der Waals surface area contributed by atoms with Crippen LogP contribution in [0.15, 0.2) is 59.6 Å². The zero-order valence-corrected chi connectivity index (χ0v) is 15.9. The molecule has 0 radical (unpaired) electrons. The van der Waals surface area contributed by atoms with E-state index in [0.29, 0.717) is 0 Å². The van der Waals surface area contributed by atoms with E-state index >= 15 is 0 Å². The minimum absolute atomic E-state index is 1.08. The Balaban J connectivity index is 2.42. The zero-order valence-electron chi connectivity index (χ0n) is 12.2. The third-order valence-electron chi connectivity index (χ3n) is 3.62. The average molecular weight is 464 g/mol. The van der Waals surface area contributed by atoms with Gasteiger partial charge in [-0.2, -0.15) is 0 Å². The fourth-order valence-corrected chi connectivity index (χ4v) is 3.44. The molecule has 110 valence electrons. The van der Waals surface area contributed by atoms with Gasteiger partial charge in [-0.1, -0.05) is 34.7 Å². The van der Waals surface area contributed by atoms with Crippen LogP contribution in [0.2, 0.25) is 0 Å². The summed E-state index contributed by atoms with van der Waals surface area (Å²) in [6, 6.07) is 15.0. The van der Waals surface area contributed by atoms with E-state index in [1.54, 1.807) is 0 Å². The molecule has 3 heteroatoms. The molecule has 0 amide bonds. The van der Waals surface area contributed by atoms with Gasteiger partial charge < -0.3 is 4.57 Å². The van der Waals surface area contributed by atoms with Crippen molar-refractivity contribution in [2.24, 2.45) is 0 Å². The van der Waals surface area contributed by atoms with Crippen molar-refractivity contribution in [1.82, 2.24) is 4.57 Å². The van der Waals surface area contributed by atoms with E-state index in [1.165, 1.54) is 20.0 Å². The van der Waals surface area contributed by atoms with Gasteiger partial charge in [0.05, 0.1) is 11.2 Å². The molecule has 0 fully saturated rings. The zero-order chi connectivity index (χ0) is 15.7. The highest BCUT2D eigenvalue weighted by Gasteiger charge is 2.14. The maximum Gasteiger partial charge on any atom is 0.0541 e. The highest BCUT2D eigenvalue weighted by Crippen LogP contribution is 2.33. The number of aromatic nitrogens is 1. The van der Waals surface area contributed by atoms with E-state index < -0.39 is 0 Å². The summed E-state index contributed by atoms with van der Waals surface area (Å²) >= 11 is 5.91. The normalized spacial score (nSPS) is 11.4. The molecule has 1 heterocycles. The lowest BCUT2D eigenvalue weighted by Gasteiger charge is -2.09. The number of rotatable bonds is 3. The number of hydrogen-bond donors (Lipinski definition) is 0. The fourth-order valence-electron chi connectivity index (χ4n) is 2.72. The van der Waals surface area contributed by atoms with Crippen LogP contribution >= 0.6 is 38.5 Å². The molecule has 0 saturated heterocycles. The van der Waals surface area contributed by atoms with Gasteiger partial charge in [0.1, 0.15) is 0 Å². The summed E-state index contributed by atoms with van der Waals surface area (Å²) in [6.07, 6.45) is 6.15. The number of hydrogen-bond acceptors (Lipinski definition) is 0. The summed E-state index contributed by atoms with van der Waals surface area (Å²) in [5, 5.41) is 1.22. The lowest BCUT2D eigenvalue weighted by atomic mass is 10.1. The molecular formula is C19H15BrIN. The first-order valence-electron chi connectivity index (χ1n) is 7.00. The molecule has 2 aromatic carbocycles. The van der Waals surface area contributed by atoms with Crippen molar-refractivity contribution in [2.75, 3.05) is 0 Å². The van der Waals surface area contributed by atoms with Crippen LogP contribution in [0.25, 0.3) is 28.7 Å². The van der Waals surface area contributed by atoms with E-state index in [-0.39, 0.29) is 0 Å². The van der Waals surface area contributed by atoms with Crippen molar-refractivity contribution in [1.29, 1.82) is 0 Å². The van der Waals surface area contributed by atoms with Gasteiger partial charge in [0.2, 0.25) is 0 Å². The number of benzene rings is 2. The van der Waals surface area contributed by atoms with Crippen molar-refractivity contribution in [3.8, 4) is 5.69 Å². The number of nitrogens with zero attached hydrogens (tertiary/aromatic N) is 1. The van der Waals surface area contributed by atoms with Gasteiger partial charge in [-0.3, -0.25) is 0 Å². The predicted octanol–water partition coefficient (Wildman–Crippen LogP) is 6.67. The van der Waals surface area contributed by atoms with Crippen LogP contribution in [0.4, 0.5) is 0 Å². The molecule has 22 heavy (non-hydrogen) atoms. The molecule has 0 bridgehead atoms. The van der Waals surface area contributed by atoms with Gasteiger partial charge in [-0.15, -0.1) is 0 Å². The van der Waals surface area contributed by atoms with Crippen LogP contribution in [0, 0.1) is 3.57 Å². The first-order valence-corrected chi connectivity index (χ1v) is 8.88. The van der Waals surface area contributed by atoms with Crippen LogP contribution in [0.5, 0.6) is 0 Å². The van der Waals surface area contributed by atoms with E-state index in [0.717, 1.165) is 15.9 Å². The first-order chi connectivity index (χ1) is 10.7. The van der Waals surface area contributed by atoms with Gasteiger partial charge in [0.25, 0.3) is 0 Å². The molecule has 0 saturated carbocycles. The van der Waals surface area contributed by atoms with Crippen LogP contribution in [-0.4, -0.2) is 4.57 Å². The lowest BCUT2D eigenvalue weighted by molar-refractivity contribution is 1.10. The SMILES string of the molecule is C=Cc1c(/C=C\C)c2cc(Br)ccc2n1-c1ccc(I)cc1. The molecule has 3 rings (SSSR count). The highest BCUT2D eigenvalue weighted by molar-refractivity contribution is 14.1. The summed E-state index contributed by atoms with van der Waals surface area (Å²) in [7, 11) is 0. The van der Waals surface area contributed by atoms with Gasteiger partial charge in [0.15, 0.2) is 0 Å². The fraction of sp³-hybridized carbons (Fsp3) is 0.0526. The van der Waals surface area contributed by atoms with Gasteiger partial charge in [-0.25, -0.2) is 0 Å². The van der Waals surface area contributed by atoms with E-state index in [4.69, 9.17) is 0 Å². The molecular weight excluding hydrogens is 449 g/mol. The number of halogens is 2. The second-order valence-electron chi connectivity index (χ2n) is 4.98. The smallest absolute Gasteiger partial charge is 0.0541 e. The Hall–Kier alpha value is -1.33. The predicted molar refractivity (Wildman–Crippen MR) is 108 cm³/mol. The summed E-state index contributed by atoms with van der Waals surface area (Å²) in [5.41, 5.74) is 4.66. The maximum absolute atomic E-state index is 4.03. The van der Waals surface area contributed by atoms with E-state index in [2.05, 4.69) is 104 Å². The Morgan fingerprint density at radius 3 is 2.50 bits per heavy atom. The second kappa shape index (κ2) is 6.42. The monoisotopic (exact) mass is 463 g/mol. The Morgan fingerprint density at radius 2 is 1.86 bits per heavy atom. The quantitative estimate of drug-likeness (QED) is 0.382. The van der Waals surface area contributed by atoms with E-state index in [1.807, 2.05) is 13.0 Å². The molecule has 0 aliphatic carbocycles. The topological polar surface area (TPSA) is 4.93 Å². The third-order valence-corrected chi connectivity index (χ3v) is 4.83. The molecule has 0 aliphatic rings. The van der Waals surface area contributed by atoms with Crippen molar-refractivity contribution in [2.45, 2.75) is 6.92 Å². The Morgan fingerprint density at radius 1 is 1.14 bits per heavy atom. The molecule has 0 aliphatic heterocycles. The second-order valence-corrected chi connectivity index (χ2v) is 7.14. The number of fused-ring (bicyclic) bond motifs is 1. The summed E-state index contributed by atoms with van der Waals surface area (Å²) < 4.78 is 4.58. The maximum atomic E-state index is 4.03. The standard InChI is InChI=1S/C19H15BrIN/c1-3-5-16-17-12-13(20)6-11-19(17)22(18(16)4-2)15-9-7-14(21)8-10-15/h3-12H,2H2,1H3/b5-3-. The van der Waals surface area contributed by atoms with Crippen LogP contribution in [0.1, 0.15) is 18.2 Å². The Kier molecular flexibility index (Phi) is 4.54. The molecule has 3 aromatic rings. The van der Waals surface area contributed by atoms with Crippen LogP contribution in [0.3, 0.4) is 0 Å². The van der Waals surface area contributed by atoms with Gasteiger partial charge in [-0.05, 0) is 78.1 Å². The average Bonchev–Trinajstić information content (AvgIpc) is 2.82. The van der Waals surface area contributed by atoms with Gasteiger partial charge >= 0.3 is 0 Å². The van der Waals surface area contributed by atoms with E-state index in [9.17, 15) is 0 Å². The minimum atomic E-state index is 1.08. The van der Waals surface area contributed by atoms with Crippen molar-refractivity contribution >= 4 is 61.6 Å². The molecule has 0 spiro atoms. The summed E-state index contributed by atoms with van der Waals surface area (Å²) in [6.45, 7) is 6.07. The molecule has 0 N–H and O–H groups in total. The van der Waals surface area contributed by atoms with Crippen molar-refractivity contribution in [3.05, 3.63) is 74.4 Å². The summed E-state index contributed by atoms with van der Waals surface area (Å²) in [5.74, 6) is 0. The van der Waals surface area contributed by atoms with Crippen LogP contribution < -0.4 is 0 Å². The van der Waals surface area contributed by atoms with Gasteiger partial charge in [0, 0.05) is 24.7 Å². The lowest BCUT2D eigenvalue weighted by Crippen LogP contribution is -1.96. The largest absolute Gasteiger partial charge is 0.309 e. The summed E-state index contributed by atoms with van der Waals surface area (Å²) in [4.78, 5) is 0. The van der Waals surface area contributed by atoms with Crippen LogP contribution in [-0.2, 0) is 0 Å². The molecule has 0 atom stereocenters. The minimum Gasteiger partial charge on any atom is -0.309 e. The molecule has 0 unspecified atom stereocenters.